The van der Waals surface area contributed by atoms with Gasteiger partial charge in [0.25, 0.3) is 5.91 Å². The van der Waals surface area contributed by atoms with Crippen LogP contribution < -0.4 is 14.8 Å². The van der Waals surface area contributed by atoms with Crippen LogP contribution in [0.4, 0.5) is 0 Å². The number of carbonyl (C=O) groups is 1. The zero-order chi connectivity index (χ0) is 22.4. The second kappa shape index (κ2) is 10.3. The number of carbonyl (C=O) groups excluding carboxylic acids is 1. The summed E-state index contributed by atoms with van der Waals surface area (Å²) in [4.78, 5) is 12.7. The Bertz CT molecular complexity index is 1040. The van der Waals surface area contributed by atoms with E-state index >= 15 is 0 Å². The van der Waals surface area contributed by atoms with E-state index in [2.05, 4.69) is 5.32 Å². The van der Waals surface area contributed by atoms with Crippen LogP contribution in [0.25, 0.3) is 0 Å². The molecule has 0 atom stereocenters. The lowest BCUT2D eigenvalue weighted by Gasteiger charge is -2.26. The van der Waals surface area contributed by atoms with Gasteiger partial charge >= 0.3 is 0 Å². The monoisotopic (exact) mass is 466 g/mol. The van der Waals surface area contributed by atoms with Crippen LogP contribution in [-0.4, -0.2) is 45.4 Å². The van der Waals surface area contributed by atoms with Gasteiger partial charge in [-0.1, -0.05) is 24.1 Å². The number of amides is 1. The fourth-order valence-electron chi connectivity index (χ4n) is 3.47. The van der Waals surface area contributed by atoms with Gasteiger partial charge in [-0.25, -0.2) is 8.42 Å². The zero-order valence-electron chi connectivity index (χ0n) is 17.7. The van der Waals surface area contributed by atoms with Crippen molar-refractivity contribution in [3.8, 4) is 11.5 Å². The molecule has 1 aliphatic rings. The minimum absolute atomic E-state index is 0.0357. The summed E-state index contributed by atoms with van der Waals surface area (Å²) in [5.41, 5.74) is 1.06. The highest BCUT2D eigenvalue weighted by atomic mass is 35.5. The quantitative estimate of drug-likeness (QED) is 0.638. The fourth-order valence-corrected chi connectivity index (χ4v) is 5.49. The Kier molecular flexibility index (Phi) is 7.80. The number of rotatable bonds is 8. The van der Waals surface area contributed by atoms with E-state index in [-0.39, 0.29) is 27.9 Å². The molecule has 1 aliphatic heterocycles. The van der Waals surface area contributed by atoms with Crippen LogP contribution >= 0.6 is 11.6 Å². The molecular formula is C22H27ClN2O5S. The third-order valence-electron chi connectivity index (χ3n) is 5.11. The molecule has 7 nitrogen and oxygen atoms in total. The van der Waals surface area contributed by atoms with E-state index in [9.17, 15) is 13.2 Å². The second-order valence-electron chi connectivity index (χ2n) is 7.21. The summed E-state index contributed by atoms with van der Waals surface area (Å²) < 4.78 is 38.3. The van der Waals surface area contributed by atoms with Gasteiger partial charge in [-0.05, 0) is 55.7 Å². The molecule has 0 saturated carbocycles. The van der Waals surface area contributed by atoms with Gasteiger partial charge in [0.2, 0.25) is 10.0 Å². The average Bonchev–Trinajstić information content (AvgIpc) is 2.79. The molecular weight excluding hydrogens is 440 g/mol. The van der Waals surface area contributed by atoms with Gasteiger partial charge < -0.3 is 14.8 Å². The Labute approximate surface area is 188 Å². The highest BCUT2D eigenvalue weighted by molar-refractivity contribution is 7.89. The Morgan fingerprint density at radius 1 is 1.10 bits per heavy atom. The summed E-state index contributed by atoms with van der Waals surface area (Å²) in [6, 6.07) is 9.73. The molecule has 2 aromatic rings. The lowest BCUT2D eigenvalue weighted by Crippen LogP contribution is -2.36. The van der Waals surface area contributed by atoms with E-state index in [1.54, 1.807) is 19.2 Å². The minimum atomic E-state index is -3.74. The minimum Gasteiger partial charge on any atom is -0.493 e. The number of hydrogen-bond donors (Lipinski definition) is 1. The third kappa shape index (κ3) is 5.50. The van der Waals surface area contributed by atoms with E-state index in [1.165, 1.54) is 22.5 Å². The first-order valence-electron chi connectivity index (χ1n) is 10.2. The Balaban J connectivity index is 1.75. The average molecular weight is 467 g/mol. The molecule has 0 radical (unpaired) electrons. The van der Waals surface area contributed by atoms with Gasteiger partial charge in [-0.2, -0.15) is 4.31 Å². The fraction of sp³-hybridized carbons (Fsp3) is 0.409. The highest BCUT2D eigenvalue weighted by Crippen LogP contribution is 2.29. The van der Waals surface area contributed by atoms with E-state index in [4.69, 9.17) is 21.1 Å². The Morgan fingerprint density at radius 3 is 2.52 bits per heavy atom. The largest absolute Gasteiger partial charge is 0.493 e. The summed E-state index contributed by atoms with van der Waals surface area (Å²) in [5.74, 6) is 0.819. The van der Waals surface area contributed by atoms with Crippen LogP contribution in [-0.2, 0) is 16.6 Å². The van der Waals surface area contributed by atoms with Crippen molar-refractivity contribution >= 4 is 27.5 Å². The van der Waals surface area contributed by atoms with Crippen LogP contribution in [0.1, 0.15) is 42.1 Å². The first kappa shape index (κ1) is 23.4. The van der Waals surface area contributed by atoms with Gasteiger partial charge in [-0.3, -0.25) is 4.79 Å². The summed E-state index contributed by atoms with van der Waals surface area (Å²) in [6.07, 6.45) is 2.66. The van der Waals surface area contributed by atoms with Gasteiger partial charge in [-0.15, -0.1) is 0 Å². The molecule has 0 bridgehead atoms. The van der Waals surface area contributed by atoms with E-state index in [1.807, 2.05) is 13.0 Å². The van der Waals surface area contributed by atoms with E-state index in [0.717, 1.165) is 24.8 Å². The number of methoxy groups -OCH3 is 1. The predicted molar refractivity (Wildman–Crippen MR) is 119 cm³/mol. The lowest BCUT2D eigenvalue weighted by atomic mass is 10.1. The number of piperidine rings is 1. The van der Waals surface area contributed by atoms with Crippen LogP contribution in [0.3, 0.4) is 0 Å². The molecule has 0 unspecified atom stereocenters. The standard InChI is InChI=1S/C22H27ClN2O5S/c1-3-30-19-10-7-16(13-20(19)29-2)15-24-22(26)17-8-9-18(23)21(14-17)31(27,28)25-11-5-4-6-12-25/h7-10,13-14H,3-6,11-12,15H2,1-2H3,(H,24,26). The number of sulfonamides is 1. The van der Waals surface area contributed by atoms with Gasteiger partial charge in [0, 0.05) is 25.2 Å². The van der Waals surface area contributed by atoms with Crippen molar-refractivity contribution in [3.63, 3.8) is 0 Å². The molecule has 0 aromatic heterocycles. The molecule has 168 valence electrons. The maximum absolute atomic E-state index is 13.0. The van der Waals surface area contributed by atoms with Crippen molar-refractivity contribution in [2.75, 3.05) is 26.8 Å². The first-order chi connectivity index (χ1) is 14.9. The molecule has 3 rings (SSSR count). The Hall–Kier alpha value is -2.29. The van der Waals surface area contributed by atoms with Crippen molar-refractivity contribution in [2.45, 2.75) is 37.6 Å². The smallest absolute Gasteiger partial charge is 0.251 e. The molecule has 9 heteroatoms. The topological polar surface area (TPSA) is 84.9 Å². The summed E-state index contributed by atoms with van der Waals surface area (Å²) in [6.45, 7) is 3.59. The number of nitrogens with zero attached hydrogens (tertiary/aromatic N) is 1. The molecule has 1 fully saturated rings. The van der Waals surface area contributed by atoms with E-state index < -0.39 is 10.0 Å². The number of ether oxygens (including phenoxy) is 2. The number of halogens is 1. The van der Waals surface area contributed by atoms with Gasteiger partial charge in [0.15, 0.2) is 11.5 Å². The molecule has 1 N–H and O–H groups in total. The molecule has 1 saturated heterocycles. The van der Waals surface area contributed by atoms with Crippen LogP contribution in [0.5, 0.6) is 11.5 Å². The SMILES string of the molecule is CCOc1ccc(CNC(=O)c2ccc(Cl)c(S(=O)(=O)N3CCCCC3)c2)cc1OC. The predicted octanol–water partition coefficient (Wildman–Crippen LogP) is 3.85. The van der Waals surface area contributed by atoms with E-state index in [0.29, 0.717) is 31.2 Å². The van der Waals surface area contributed by atoms with Crippen molar-refractivity contribution < 1.29 is 22.7 Å². The molecule has 0 spiro atoms. The number of hydrogen-bond acceptors (Lipinski definition) is 5. The highest BCUT2D eigenvalue weighted by Gasteiger charge is 2.28. The second-order valence-corrected chi connectivity index (χ2v) is 9.52. The van der Waals surface area contributed by atoms with Crippen LogP contribution in [0.15, 0.2) is 41.3 Å². The Morgan fingerprint density at radius 2 is 1.84 bits per heavy atom. The third-order valence-corrected chi connectivity index (χ3v) is 7.49. The normalized spacial score (nSPS) is 14.8. The van der Waals surface area contributed by atoms with Crippen molar-refractivity contribution in [2.24, 2.45) is 0 Å². The zero-order valence-corrected chi connectivity index (χ0v) is 19.3. The van der Waals surface area contributed by atoms with Gasteiger partial charge in [0.1, 0.15) is 4.90 Å². The van der Waals surface area contributed by atoms with Crippen molar-refractivity contribution in [3.05, 3.63) is 52.5 Å². The summed E-state index contributed by atoms with van der Waals surface area (Å²) >= 11 is 6.19. The number of nitrogens with one attached hydrogen (secondary N) is 1. The first-order valence-corrected chi connectivity index (χ1v) is 12.1. The number of benzene rings is 2. The van der Waals surface area contributed by atoms with Crippen LogP contribution in [0.2, 0.25) is 5.02 Å². The molecule has 1 heterocycles. The molecule has 2 aromatic carbocycles. The lowest BCUT2D eigenvalue weighted by molar-refractivity contribution is 0.0950. The van der Waals surface area contributed by atoms with Crippen LogP contribution in [0, 0.1) is 0 Å². The molecule has 1 amide bonds. The maximum atomic E-state index is 13.0. The summed E-state index contributed by atoms with van der Waals surface area (Å²) in [7, 11) is -2.19. The maximum Gasteiger partial charge on any atom is 0.251 e. The molecule has 0 aliphatic carbocycles. The van der Waals surface area contributed by atoms with Crippen molar-refractivity contribution in [1.82, 2.24) is 9.62 Å². The van der Waals surface area contributed by atoms with Crippen molar-refractivity contribution in [1.29, 1.82) is 0 Å². The molecule has 31 heavy (non-hydrogen) atoms. The summed E-state index contributed by atoms with van der Waals surface area (Å²) in [5, 5.41) is 2.92. The van der Waals surface area contributed by atoms with Gasteiger partial charge in [0.05, 0.1) is 18.7 Å².